The third kappa shape index (κ3) is 5.49. The molecule has 19 heavy (non-hydrogen) atoms. The number of likely N-dealkylation sites (tertiary alicyclic amines) is 1. The molecule has 1 saturated heterocycles. The summed E-state index contributed by atoms with van der Waals surface area (Å²) in [5.41, 5.74) is 0. The number of hydrogen-bond donors (Lipinski definition) is 2. The van der Waals surface area contributed by atoms with Gasteiger partial charge in [0.05, 0.1) is 6.10 Å². The van der Waals surface area contributed by atoms with Crippen molar-refractivity contribution in [3.05, 3.63) is 0 Å². The van der Waals surface area contributed by atoms with Gasteiger partial charge >= 0.3 is 0 Å². The Hall–Kier alpha value is -0.610. The van der Waals surface area contributed by atoms with E-state index in [1.54, 1.807) is 6.92 Å². The molecule has 4 heteroatoms. The van der Waals surface area contributed by atoms with E-state index in [2.05, 4.69) is 19.2 Å². The predicted octanol–water partition coefficient (Wildman–Crippen LogP) is 1.63. The molecule has 4 nitrogen and oxygen atoms in total. The zero-order chi connectivity index (χ0) is 14.4. The lowest BCUT2D eigenvalue weighted by atomic mass is 9.88. The number of rotatable bonds is 6. The van der Waals surface area contributed by atoms with E-state index >= 15 is 0 Å². The first-order chi connectivity index (χ1) is 8.93. The molecule has 0 spiro atoms. The fourth-order valence-electron chi connectivity index (χ4n) is 2.73. The number of amides is 1. The normalized spacial score (nSPS) is 25.7. The Morgan fingerprint density at radius 3 is 2.63 bits per heavy atom. The van der Waals surface area contributed by atoms with E-state index in [-0.39, 0.29) is 17.9 Å². The number of nitrogens with zero attached hydrogens (tertiary/aromatic N) is 1. The summed E-state index contributed by atoms with van der Waals surface area (Å²) in [4.78, 5) is 13.5. The van der Waals surface area contributed by atoms with Gasteiger partial charge in [-0.15, -0.1) is 0 Å². The van der Waals surface area contributed by atoms with Gasteiger partial charge in [-0.25, -0.2) is 0 Å². The van der Waals surface area contributed by atoms with Crippen molar-refractivity contribution < 1.29 is 9.90 Å². The van der Waals surface area contributed by atoms with Gasteiger partial charge in [0.25, 0.3) is 0 Å². The first-order valence-corrected chi connectivity index (χ1v) is 7.61. The maximum atomic E-state index is 11.6. The molecule has 0 aromatic carbocycles. The summed E-state index contributed by atoms with van der Waals surface area (Å²) in [6.45, 7) is 10.5. The van der Waals surface area contributed by atoms with Gasteiger partial charge in [0.15, 0.2) is 0 Å². The second kappa shape index (κ2) is 7.85. The largest absolute Gasteiger partial charge is 0.393 e. The summed E-state index contributed by atoms with van der Waals surface area (Å²) in [7, 11) is 0. The van der Waals surface area contributed by atoms with Crippen molar-refractivity contribution in [3.8, 4) is 0 Å². The number of carbonyl (C=O) groups excluding carboxylic acids is 1. The second-order valence-electron chi connectivity index (χ2n) is 6.23. The first kappa shape index (κ1) is 16.4. The quantitative estimate of drug-likeness (QED) is 0.771. The van der Waals surface area contributed by atoms with E-state index in [1.807, 2.05) is 11.8 Å². The molecule has 112 valence electrons. The Morgan fingerprint density at radius 2 is 2.11 bits per heavy atom. The highest BCUT2D eigenvalue weighted by Gasteiger charge is 2.31. The number of nitrogens with one attached hydrogen (secondary N) is 1. The highest BCUT2D eigenvalue weighted by Crippen LogP contribution is 2.22. The van der Waals surface area contributed by atoms with E-state index in [0.717, 1.165) is 32.4 Å². The second-order valence-corrected chi connectivity index (χ2v) is 6.23. The highest BCUT2D eigenvalue weighted by atomic mass is 16.3. The number of aliphatic hydroxyl groups is 1. The van der Waals surface area contributed by atoms with Gasteiger partial charge in [-0.2, -0.15) is 0 Å². The molecule has 3 unspecified atom stereocenters. The van der Waals surface area contributed by atoms with Crippen LogP contribution in [0.15, 0.2) is 0 Å². The van der Waals surface area contributed by atoms with Crippen LogP contribution in [0.3, 0.4) is 0 Å². The minimum absolute atomic E-state index is 0.115. The van der Waals surface area contributed by atoms with Gasteiger partial charge in [0.2, 0.25) is 5.91 Å². The number of piperidine rings is 1. The lowest BCUT2D eigenvalue weighted by Gasteiger charge is -2.39. The van der Waals surface area contributed by atoms with Crippen LogP contribution in [-0.2, 0) is 4.79 Å². The molecule has 0 saturated carbocycles. The predicted molar refractivity (Wildman–Crippen MR) is 77.9 cm³/mol. The van der Waals surface area contributed by atoms with Gasteiger partial charge in [-0.3, -0.25) is 4.79 Å². The summed E-state index contributed by atoms with van der Waals surface area (Å²) >= 11 is 0. The molecule has 3 atom stereocenters. The van der Waals surface area contributed by atoms with E-state index in [9.17, 15) is 9.90 Å². The van der Waals surface area contributed by atoms with Crippen LogP contribution in [0.5, 0.6) is 0 Å². The van der Waals surface area contributed by atoms with Crippen LogP contribution in [0.25, 0.3) is 0 Å². The smallest absolute Gasteiger partial charge is 0.219 e. The molecule has 0 radical (unpaired) electrons. The molecule has 0 bridgehead atoms. The van der Waals surface area contributed by atoms with Crippen molar-refractivity contribution in [1.29, 1.82) is 0 Å². The lowest BCUT2D eigenvalue weighted by Crippen LogP contribution is -2.53. The maximum absolute atomic E-state index is 11.6. The van der Waals surface area contributed by atoms with Gasteiger partial charge < -0.3 is 15.3 Å². The van der Waals surface area contributed by atoms with Crippen molar-refractivity contribution in [3.63, 3.8) is 0 Å². The molecule has 1 heterocycles. The van der Waals surface area contributed by atoms with Crippen LogP contribution in [0.1, 0.15) is 47.0 Å². The molecule has 1 rings (SSSR count). The van der Waals surface area contributed by atoms with Crippen LogP contribution >= 0.6 is 0 Å². The van der Waals surface area contributed by atoms with E-state index < -0.39 is 0 Å². The molecule has 0 aromatic rings. The van der Waals surface area contributed by atoms with Crippen LogP contribution < -0.4 is 5.32 Å². The van der Waals surface area contributed by atoms with Crippen molar-refractivity contribution >= 4 is 5.91 Å². The minimum atomic E-state index is -0.295. The molecule has 1 amide bonds. The van der Waals surface area contributed by atoms with Crippen LogP contribution in [0.2, 0.25) is 0 Å². The monoisotopic (exact) mass is 270 g/mol. The number of aliphatic hydroxyl groups excluding tert-OH is 1. The van der Waals surface area contributed by atoms with Crippen molar-refractivity contribution in [1.82, 2.24) is 10.2 Å². The van der Waals surface area contributed by atoms with Crippen LogP contribution in [0.4, 0.5) is 0 Å². The average molecular weight is 270 g/mol. The zero-order valence-electron chi connectivity index (χ0n) is 12.9. The highest BCUT2D eigenvalue weighted by molar-refractivity contribution is 5.73. The summed E-state index contributed by atoms with van der Waals surface area (Å²) in [5.74, 6) is 1.01. The molecule has 1 fully saturated rings. The minimum Gasteiger partial charge on any atom is -0.393 e. The van der Waals surface area contributed by atoms with Crippen LogP contribution in [0, 0.1) is 11.8 Å². The molecule has 2 N–H and O–H groups in total. The van der Waals surface area contributed by atoms with E-state index in [0.29, 0.717) is 18.5 Å². The Morgan fingerprint density at radius 1 is 1.42 bits per heavy atom. The third-order valence-corrected chi connectivity index (χ3v) is 4.05. The number of hydrogen-bond acceptors (Lipinski definition) is 3. The molecule has 0 aromatic heterocycles. The molecular weight excluding hydrogens is 240 g/mol. The zero-order valence-corrected chi connectivity index (χ0v) is 12.9. The summed E-state index contributed by atoms with van der Waals surface area (Å²) in [5, 5.41) is 13.6. The van der Waals surface area contributed by atoms with E-state index in [4.69, 9.17) is 0 Å². The molecule has 1 aliphatic rings. The summed E-state index contributed by atoms with van der Waals surface area (Å²) in [6.07, 6.45) is 2.58. The topological polar surface area (TPSA) is 52.6 Å². The van der Waals surface area contributed by atoms with Gasteiger partial charge in [0.1, 0.15) is 0 Å². The van der Waals surface area contributed by atoms with Crippen LogP contribution in [-0.4, -0.2) is 47.7 Å². The Balaban J connectivity index is 2.52. The van der Waals surface area contributed by atoms with Crippen molar-refractivity contribution in [2.75, 3.05) is 19.6 Å². The standard InChI is InChI=1S/C15H30N2O2/c1-5-15(19)13-8-14(16-7-6-11(2)3)10-17(9-13)12(4)18/h11,13-16,19H,5-10H2,1-4H3. The van der Waals surface area contributed by atoms with Gasteiger partial charge in [-0.1, -0.05) is 20.8 Å². The maximum Gasteiger partial charge on any atom is 0.219 e. The SMILES string of the molecule is CCC(O)C1CC(NCCC(C)C)CN(C(C)=O)C1. The third-order valence-electron chi connectivity index (χ3n) is 4.05. The van der Waals surface area contributed by atoms with Crippen molar-refractivity contribution in [2.45, 2.75) is 59.1 Å². The molecule has 0 aliphatic carbocycles. The van der Waals surface area contributed by atoms with Gasteiger partial charge in [0, 0.05) is 32.0 Å². The fraction of sp³-hybridized carbons (Fsp3) is 0.933. The Kier molecular flexibility index (Phi) is 6.80. The average Bonchev–Trinajstić information content (AvgIpc) is 2.37. The fourth-order valence-corrected chi connectivity index (χ4v) is 2.73. The summed E-state index contributed by atoms with van der Waals surface area (Å²) < 4.78 is 0. The molecular formula is C15H30N2O2. The van der Waals surface area contributed by atoms with Crippen molar-refractivity contribution in [2.24, 2.45) is 11.8 Å². The Bertz CT molecular complexity index is 281. The number of carbonyl (C=O) groups is 1. The molecule has 1 aliphatic heterocycles. The Labute approximate surface area is 117 Å². The van der Waals surface area contributed by atoms with E-state index in [1.165, 1.54) is 0 Å². The summed E-state index contributed by atoms with van der Waals surface area (Å²) in [6, 6.07) is 0.322. The lowest BCUT2D eigenvalue weighted by molar-refractivity contribution is -0.132. The first-order valence-electron chi connectivity index (χ1n) is 7.61. The van der Waals surface area contributed by atoms with Gasteiger partial charge in [-0.05, 0) is 31.7 Å².